The summed E-state index contributed by atoms with van der Waals surface area (Å²) in [7, 11) is 0. The van der Waals surface area contributed by atoms with E-state index >= 15 is 0 Å². The lowest BCUT2D eigenvalue weighted by atomic mass is 9.89. The number of rotatable bonds is 3. The van der Waals surface area contributed by atoms with Gasteiger partial charge in [0.25, 0.3) is 11.8 Å². The highest BCUT2D eigenvalue weighted by molar-refractivity contribution is 6.07. The van der Waals surface area contributed by atoms with Crippen LogP contribution in [-0.4, -0.2) is 42.8 Å². The maximum atomic E-state index is 12.6. The van der Waals surface area contributed by atoms with Crippen molar-refractivity contribution in [1.82, 2.24) is 10.2 Å². The molecule has 2 aliphatic rings. The smallest absolute Gasteiger partial charge is 0.338 e. The molecule has 2 aliphatic heterocycles. The maximum absolute atomic E-state index is 12.6. The minimum atomic E-state index is -4.71. The van der Waals surface area contributed by atoms with Gasteiger partial charge in [0.1, 0.15) is 5.54 Å². The monoisotopic (exact) mass is 314 g/mol. The zero-order valence-corrected chi connectivity index (χ0v) is 11.4. The first-order valence-corrected chi connectivity index (χ1v) is 6.75. The van der Waals surface area contributed by atoms with E-state index in [-0.39, 0.29) is 19.0 Å². The summed E-state index contributed by atoms with van der Waals surface area (Å²) in [6, 6.07) is 6.75. The van der Waals surface area contributed by atoms with Gasteiger partial charge in [-0.15, -0.1) is 13.2 Å². The Kier molecular flexibility index (Phi) is 3.36. The van der Waals surface area contributed by atoms with Gasteiger partial charge >= 0.3 is 6.36 Å². The Labute approximate surface area is 124 Å². The molecular weight excluding hydrogens is 301 g/mol. The Bertz CT molecular complexity index is 632. The Morgan fingerprint density at radius 2 is 2.00 bits per heavy atom. The van der Waals surface area contributed by atoms with Crippen molar-refractivity contribution in [1.29, 1.82) is 0 Å². The van der Waals surface area contributed by atoms with Gasteiger partial charge < -0.3 is 10.2 Å². The van der Waals surface area contributed by atoms with E-state index in [1.165, 1.54) is 4.90 Å². The van der Waals surface area contributed by atoms with Crippen LogP contribution in [0.25, 0.3) is 0 Å². The predicted octanol–water partition coefficient (Wildman–Crippen LogP) is 1.39. The van der Waals surface area contributed by atoms with Gasteiger partial charge in [0, 0.05) is 25.1 Å². The number of fused-ring (bicyclic) bond motifs is 2. The number of amides is 2. The minimum Gasteiger partial charge on any atom is -0.338 e. The fraction of sp³-hybridized carbons (Fsp3) is 0.429. The fourth-order valence-electron chi connectivity index (χ4n) is 3.01. The number of nitrogens with one attached hydrogen (secondary N) is 1. The zero-order chi connectivity index (χ0) is 16.0. The molecule has 2 heterocycles. The molecule has 1 spiro atoms. The van der Waals surface area contributed by atoms with Gasteiger partial charge in [-0.2, -0.15) is 0 Å². The quantitative estimate of drug-likeness (QED) is 0.917. The molecular formula is C14H13F3N2O3. The van der Waals surface area contributed by atoms with E-state index in [4.69, 9.17) is 0 Å². The summed E-state index contributed by atoms with van der Waals surface area (Å²) in [6.45, 7) is -0.520. The van der Waals surface area contributed by atoms with Crippen molar-refractivity contribution in [2.45, 2.75) is 18.3 Å². The number of halogens is 3. The summed E-state index contributed by atoms with van der Waals surface area (Å²) in [5, 5.41) is 2.69. The average molecular weight is 314 g/mol. The van der Waals surface area contributed by atoms with Gasteiger partial charge in [0.2, 0.25) is 0 Å². The summed E-state index contributed by atoms with van der Waals surface area (Å²) >= 11 is 0. The van der Waals surface area contributed by atoms with Crippen molar-refractivity contribution in [3.8, 4) is 0 Å². The molecule has 1 aromatic rings. The van der Waals surface area contributed by atoms with Gasteiger partial charge in [-0.05, 0) is 11.6 Å². The highest BCUT2D eigenvalue weighted by Gasteiger charge is 2.54. The molecule has 0 radical (unpaired) electrons. The molecule has 1 N–H and O–H groups in total. The first kappa shape index (κ1) is 14.8. The number of carbonyl (C=O) groups is 2. The molecule has 1 aromatic carbocycles. The molecule has 0 bridgehead atoms. The largest absolute Gasteiger partial charge is 0.522 e. The van der Waals surface area contributed by atoms with Crippen LogP contribution in [0.5, 0.6) is 0 Å². The standard InChI is InChI=1S/C14H13F3N2O3/c15-14(16,17)22-8-7-19-6-5-13(12(19)21)10-4-2-1-3-9(10)11(20)18-13/h1-4H,5-8H2,(H,18,20). The molecule has 1 fully saturated rings. The summed E-state index contributed by atoms with van der Waals surface area (Å²) in [5.41, 5.74) is -0.125. The first-order valence-electron chi connectivity index (χ1n) is 6.75. The van der Waals surface area contributed by atoms with Crippen LogP contribution in [-0.2, 0) is 15.1 Å². The van der Waals surface area contributed by atoms with Gasteiger partial charge in [-0.3, -0.25) is 14.3 Å². The highest BCUT2D eigenvalue weighted by atomic mass is 19.4. The second-order valence-corrected chi connectivity index (χ2v) is 5.24. The summed E-state index contributed by atoms with van der Waals surface area (Å²) in [6.07, 6.45) is -4.38. The predicted molar refractivity (Wildman–Crippen MR) is 68.8 cm³/mol. The molecule has 0 saturated carbocycles. The van der Waals surface area contributed by atoms with E-state index in [1.54, 1.807) is 24.3 Å². The molecule has 1 saturated heterocycles. The minimum absolute atomic E-state index is 0.169. The molecule has 118 valence electrons. The lowest BCUT2D eigenvalue weighted by molar-refractivity contribution is -0.324. The van der Waals surface area contributed by atoms with Gasteiger partial charge in [-0.25, -0.2) is 0 Å². The molecule has 1 atom stereocenters. The molecule has 0 aliphatic carbocycles. The van der Waals surface area contributed by atoms with Crippen LogP contribution in [0.2, 0.25) is 0 Å². The van der Waals surface area contributed by atoms with E-state index in [0.29, 0.717) is 17.5 Å². The van der Waals surface area contributed by atoms with Gasteiger partial charge in [-0.1, -0.05) is 18.2 Å². The number of benzene rings is 1. The Morgan fingerprint density at radius 1 is 1.27 bits per heavy atom. The van der Waals surface area contributed by atoms with Crippen LogP contribution in [0, 0.1) is 0 Å². The lowest BCUT2D eigenvalue weighted by Crippen LogP contribution is -2.47. The van der Waals surface area contributed by atoms with Crippen molar-refractivity contribution in [3.63, 3.8) is 0 Å². The van der Waals surface area contributed by atoms with Gasteiger partial charge in [0.05, 0.1) is 6.61 Å². The fourth-order valence-corrected chi connectivity index (χ4v) is 3.01. The third kappa shape index (κ3) is 2.33. The number of carbonyl (C=O) groups excluding carboxylic acids is 2. The number of hydrogen-bond acceptors (Lipinski definition) is 3. The Hall–Kier alpha value is -2.09. The van der Waals surface area contributed by atoms with Gasteiger partial charge in [0.15, 0.2) is 0 Å². The third-order valence-electron chi connectivity index (χ3n) is 3.99. The van der Waals surface area contributed by atoms with Crippen LogP contribution in [0.1, 0.15) is 22.3 Å². The summed E-state index contributed by atoms with van der Waals surface area (Å²) in [4.78, 5) is 25.8. The Morgan fingerprint density at radius 3 is 2.73 bits per heavy atom. The number of nitrogens with zero attached hydrogens (tertiary/aromatic N) is 1. The van der Waals surface area contributed by atoms with E-state index in [9.17, 15) is 22.8 Å². The SMILES string of the molecule is O=C1NC2(CCN(CCOC(F)(F)F)C2=O)c2ccccc21. The second-order valence-electron chi connectivity index (χ2n) is 5.24. The first-order chi connectivity index (χ1) is 10.3. The maximum Gasteiger partial charge on any atom is 0.522 e. The van der Waals surface area contributed by atoms with E-state index in [0.717, 1.165) is 0 Å². The second kappa shape index (κ2) is 4.98. The number of ether oxygens (including phenoxy) is 1. The third-order valence-corrected chi connectivity index (χ3v) is 3.99. The van der Waals surface area contributed by atoms with Crippen LogP contribution in [0.3, 0.4) is 0 Å². The molecule has 1 unspecified atom stereocenters. The van der Waals surface area contributed by atoms with E-state index < -0.39 is 24.4 Å². The Balaban J connectivity index is 1.76. The summed E-state index contributed by atoms with van der Waals surface area (Å²) < 4.78 is 39.7. The van der Waals surface area contributed by atoms with E-state index in [1.807, 2.05) is 0 Å². The summed E-state index contributed by atoms with van der Waals surface area (Å²) in [5.74, 6) is -0.728. The van der Waals surface area contributed by atoms with Crippen molar-refractivity contribution in [2.75, 3.05) is 19.7 Å². The molecule has 5 nitrogen and oxygen atoms in total. The van der Waals surface area contributed by atoms with Crippen LogP contribution in [0.4, 0.5) is 13.2 Å². The molecule has 2 amide bonds. The number of hydrogen-bond donors (Lipinski definition) is 1. The molecule has 8 heteroatoms. The zero-order valence-electron chi connectivity index (χ0n) is 11.4. The van der Waals surface area contributed by atoms with Crippen molar-refractivity contribution >= 4 is 11.8 Å². The molecule has 22 heavy (non-hydrogen) atoms. The van der Waals surface area contributed by atoms with Crippen molar-refractivity contribution in [2.24, 2.45) is 0 Å². The lowest BCUT2D eigenvalue weighted by Gasteiger charge is -2.24. The van der Waals surface area contributed by atoms with Crippen LogP contribution < -0.4 is 5.32 Å². The van der Waals surface area contributed by atoms with Crippen molar-refractivity contribution < 1.29 is 27.5 Å². The van der Waals surface area contributed by atoms with Crippen molar-refractivity contribution in [3.05, 3.63) is 35.4 Å². The molecule has 0 aromatic heterocycles. The average Bonchev–Trinajstić information content (AvgIpc) is 2.91. The normalized spacial score (nSPS) is 24.0. The van der Waals surface area contributed by atoms with Crippen LogP contribution in [0.15, 0.2) is 24.3 Å². The number of likely N-dealkylation sites (tertiary alicyclic amines) is 1. The van der Waals surface area contributed by atoms with Crippen LogP contribution >= 0.6 is 0 Å². The highest BCUT2D eigenvalue weighted by Crippen LogP contribution is 2.39. The van der Waals surface area contributed by atoms with E-state index in [2.05, 4.69) is 10.1 Å². The number of alkyl halides is 3. The topological polar surface area (TPSA) is 58.6 Å². The molecule has 3 rings (SSSR count).